The number of rotatable bonds is 7. The van der Waals surface area contributed by atoms with Crippen molar-refractivity contribution in [3.63, 3.8) is 0 Å². The van der Waals surface area contributed by atoms with Crippen molar-refractivity contribution < 1.29 is 23.2 Å². The van der Waals surface area contributed by atoms with E-state index in [0.29, 0.717) is 11.4 Å². The smallest absolute Gasteiger partial charge is 0.304 e. The molecule has 3 rings (SSSR count). The lowest BCUT2D eigenvalue weighted by molar-refractivity contribution is -0.122. The highest BCUT2D eigenvalue weighted by atomic mass is 32.2. The molecule has 0 aromatic heterocycles. The first kappa shape index (κ1) is 21.9. The second kappa shape index (κ2) is 8.15. The highest BCUT2D eigenvalue weighted by molar-refractivity contribution is 8.25. The summed E-state index contributed by atoms with van der Waals surface area (Å²) in [6.45, 7) is 7.16. The largest absolute Gasteiger partial charge is 0.357 e. The molecule has 0 radical (unpaired) electrons. The molecule has 2 saturated heterocycles. The molecule has 0 aliphatic carbocycles. The molecule has 9 heteroatoms. The Morgan fingerprint density at radius 1 is 1.11 bits per heavy atom. The van der Waals surface area contributed by atoms with E-state index in [1.807, 2.05) is 6.07 Å². The first-order valence-electron chi connectivity index (χ1n) is 9.25. The fourth-order valence-electron chi connectivity index (χ4n) is 3.71. The van der Waals surface area contributed by atoms with Crippen molar-refractivity contribution in [3.8, 4) is 0 Å². The molecule has 28 heavy (non-hydrogen) atoms. The van der Waals surface area contributed by atoms with Crippen LogP contribution in [-0.4, -0.2) is 39.9 Å². The molecule has 0 unspecified atom stereocenters. The lowest BCUT2D eigenvalue weighted by atomic mass is 9.99. The van der Waals surface area contributed by atoms with Crippen molar-refractivity contribution in [3.05, 3.63) is 30.3 Å². The summed E-state index contributed by atoms with van der Waals surface area (Å²) in [4.78, 5) is 27.8. The Balaban J connectivity index is 2.07. The Bertz CT molecular complexity index is 789. The van der Waals surface area contributed by atoms with Gasteiger partial charge in [0.25, 0.3) is 0 Å². The van der Waals surface area contributed by atoms with E-state index < -0.39 is 23.3 Å². The number of anilines is 1. The number of imide groups is 1. The van der Waals surface area contributed by atoms with Gasteiger partial charge in [0.15, 0.2) is 3.82 Å². The number of hydrogen-bond acceptors (Lipinski definition) is 7. The van der Waals surface area contributed by atoms with Crippen LogP contribution in [0.15, 0.2) is 30.3 Å². The third kappa shape index (κ3) is 3.47. The van der Waals surface area contributed by atoms with Gasteiger partial charge in [0.2, 0.25) is 11.8 Å². The van der Waals surface area contributed by atoms with Crippen LogP contribution in [0.3, 0.4) is 0 Å². The quantitative estimate of drug-likeness (QED) is 0.450. The molecule has 3 atom stereocenters. The van der Waals surface area contributed by atoms with Gasteiger partial charge >= 0.3 is 7.60 Å². The monoisotopic (exact) mass is 443 g/mol. The van der Waals surface area contributed by atoms with Crippen molar-refractivity contribution in [2.75, 3.05) is 16.9 Å². The molecule has 2 aliphatic heterocycles. The number of amides is 2. The third-order valence-corrected chi connectivity index (χ3v) is 12.3. The summed E-state index contributed by atoms with van der Waals surface area (Å²) < 4.78 is 24.6. The van der Waals surface area contributed by atoms with Gasteiger partial charge in [0.05, 0.1) is 29.7 Å². The molecule has 0 bridgehead atoms. The minimum absolute atomic E-state index is 0.245. The summed E-state index contributed by atoms with van der Waals surface area (Å²) >= 11 is 2.66. The standard InChI is InChI=1S/C19H26NO5PS2/c1-12(2)24-26(23,25-13(3)4)19(27-5)16-15(11-28-19)17(21)20(18(16)22)14-9-7-6-8-10-14/h6-10,12-13,15-16H,11H2,1-5H3/t15-,16+,19-/m1/s1. The lowest BCUT2D eigenvalue weighted by Crippen LogP contribution is -2.39. The van der Waals surface area contributed by atoms with Crippen LogP contribution in [-0.2, 0) is 23.2 Å². The molecule has 2 heterocycles. The Labute approximate surface area is 174 Å². The van der Waals surface area contributed by atoms with Gasteiger partial charge in [-0.05, 0) is 46.1 Å². The molecule has 0 saturated carbocycles. The van der Waals surface area contributed by atoms with Gasteiger partial charge in [-0.3, -0.25) is 14.2 Å². The van der Waals surface area contributed by atoms with E-state index >= 15 is 0 Å². The molecule has 2 aliphatic rings. The highest BCUT2D eigenvalue weighted by Crippen LogP contribution is 2.77. The number of carbonyl (C=O) groups excluding carboxylic acids is 2. The zero-order valence-corrected chi connectivity index (χ0v) is 19.2. The number of nitrogens with zero attached hydrogens (tertiary/aromatic N) is 1. The molecule has 2 fully saturated rings. The Morgan fingerprint density at radius 2 is 1.68 bits per heavy atom. The van der Waals surface area contributed by atoms with Crippen LogP contribution in [0.25, 0.3) is 0 Å². The van der Waals surface area contributed by atoms with E-state index in [1.54, 1.807) is 58.2 Å². The normalized spacial score (nSPS) is 27.9. The number of thioether (sulfide) groups is 2. The summed E-state index contributed by atoms with van der Waals surface area (Å²) in [5, 5.41) is 0. The van der Waals surface area contributed by atoms with Crippen LogP contribution in [0, 0.1) is 11.8 Å². The van der Waals surface area contributed by atoms with Gasteiger partial charge in [0.1, 0.15) is 0 Å². The minimum atomic E-state index is -3.74. The number of carbonyl (C=O) groups is 2. The zero-order chi connectivity index (χ0) is 20.7. The van der Waals surface area contributed by atoms with Gasteiger partial charge in [-0.25, -0.2) is 4.90 Å². The summed E-state index contributed by atoms with van der Waals surface area (Å²) in [5.74, 6) is -1.47. The fraction of sp³-hybridized carbons (Fsp3) is 0.579. The molecule has 0 spiro atoms. The lowest BCUT2D eigenvalue weighted by Gasteiger charge is -2.38. The molecular formula is C19H26NO5PS2. The van der Waals surface area contributed by atoms with Crippen molar-refractivity contribution >= 4 is 48.6 Å². The predicted molar refractivity (Wildman–Crippen MR) is 115 cm³/mol. The second-order valence-electron chi connectivity index (χ2n) is 7.38. The average Bonchev–Trinajstić information content (AvgIpc) is 3.12. The predicted octanol–water partition coefficient (Wildman–Crippen LogP) is 4.60. The van der Waals surface area contributed by atoms with Gasteiger partial charge in [0, 0.05) is 5.75 Å². The summed E-state index contributed by atoms with van der Waals surface area (Å²) in [5.41, 5.74) is 0.538. The molecule has 1 aromatic carbocycles. The third-order valence-electron chi connectivity index (χ3n) is 4.68. The summed E-state index contributed by atoms with van der Waals surface area (Å²) in [6, 6.07) is 8.88. The molecule has 6 nitrogen and oxygen atoms in total. The number of benzene rings is 1. The minimum Gasteiger partial charge on any atom is -0.304 e. The van der Waals surface area contributed by atoms with Crippen molar-refractivity contribution in [1.82, 2.24) is 0 Å². The van der Waals surface area contributed by atoms with Crippen LogP contribution in [0.5, 0.6) is 0 Å². The second-order valence-corrected chi connectivity index (χ2v) is 12.7. The molecule has 154 valence electrons. The maximum Gasteiger partial charge on any atom is 0.357 e. The van der Waals surface area contributed by atoms with Gasteiger partial charge in [-0.15, -0.1) is 23.5 Å². The van der Waals surface area contributed by atoms with Crippen molar-refractivity contribution in [1.29, 1.82) is 0 Å². The van der Waals surface area contributed by atoms with Crippen LogP contribution in [0.2, 0.25) is 0 Å². The first-order valence-corrected chi connectivity index (χ1v) is 13.0. The van der Waals surface area contributed by atoms with Crippen LogP contribution >= 0.6 is 31.1 Å². The number of para-hydroxylation sites is 1. The van der Waals surface area contributed by atoms with Crippen molar-refractivity contribution in [2.24, 2.45) is 11.8 Å². The summed E-state index contributed by atoms with van der Waals surface area (Å²) in [6.07, 6.45) is 1.12. The van der Waals surface area contributed by atoms with E-state index in [9.17, 15) is 14.2 Å². The van der Waals surface area contributed by atoms with E-state index in [4.69, 9.17) is 9.05 Å². The Hall–Kier alpha value is -0.790. The Kier molecular flexibility index (Phi) is 6.38. The SMILES string of the molecule is CS[C@@]1(P(=O)(OC(C)C)OC(C)C)SC[C@H]2C(=O)N(c3ccccc3)C(=O)[C@H]21. The first-order chi connectivity index (χ1) is 13.2. The fourth-order valence-corrected chi connectivity index (χ4v) is 10.5. The average molecular weight is 444 g/mol. The topological polar surface area (TPSA) is 72.9 Å². The maximum atomic E-state index is 14.1. The molecule has 1 aromatic rings. The van der Waals surface area contributed by atoms with E-state index in [1.165, 1.54) is 28.4 Å². The highest BCUT2D eigenvalue weighted by Gasteiger charge is 2.70. The van der Waals surface area contributed by atoms with Crippen LogP contribution in [0.1, 0.15) is 27.7 Å². The molecule has 2 amide bonds. The van der Waals surface area contributed by atoms with E-state index in [0.717, 1.165) is 0 Å². The van der Waals surface area contributed by atoms with Gasteiger partial charge in [-0.1, -0.05) is 18.2 Å². The van der Waals surface area contributed by atoms with Crippen molar-refractivity contribution in [2.45, 2.75) is 43.7 Å². The number of hydrogen-bond donors (Lipinski definition) is 0. The summed E-state index contributed by atoms with van der Waals surface area (Å²) in [7, 11) is -3.74. The van der Waals surface area contributed by atoms with Crippen LogP contribution < -0.4 is 4.90 Å². The van der Waals surface area contributed by atoms with Gasteiger partial charge < -0.3 is 9.05 Å². The van der Waals surface area contributed by atoms with E-state index in [2.05, 4.69) is 0 Å². The van der Waals surface area contributed by atoms with E-state index in [-0.39, 0.29) is 24.0 Å². The number of fused-ring (bicyclic) bond motifs is 1. The zero-order valence-electron chi connectivity index (χ0n) is 16.7. The molecule has 0 N–H and O–H groups in total. The van der Waals surface area contributed by atoms with Crippen LogP contribution in [0.4, 0.5) is 5.69 Å². The maximum absolute atomic E-state index is 14.1. The Morgan fingerprint density at radius 3 is 2.18 bits per heavy atom. The molecular weight excluding hydrogens is 417 g/mol. The van der Waals surface area contributed by atoms with Gasteiger partial charge in [-0.2, -0.15) is 0 Å².